The van der Waals surface area contributed by atoms with Crippen LogP contribution in [0.1, 0.15) is 35.3 Å². The third-order valence-electron chi connectivity index (χ3n) is 3.05. The first-order chi connectivity index (χ1) is 8.69. The lowest BCUT2D eigenvalue weighted by atomic mass is 10.0. The van der Waals surface area contributed by atoms with E-state index in [1.807, 2.05) is 25.5 Å². The summed E-state index contributed by atoms with van der Waals surface area (Å²) in [6.07, 6.45) is 7.36. The molecule has 1 unspecified atom stereocenters. The van der Waals surface area contributed by atoms with Gasteiger partial charge in [-0.1, -0.05) is 19.1 Å². The molecule has 2 rings (SSSR count). The molecule has 2 aromatic rings. The molecular weight excluding hydrogens is 222 g/mol. The molecule has 0 aliphatic rings. The van der Waals surface area contributed by atoms with E-state index in [9.17, 15) is 0 Å². The van der Waals surface area contributed by atoms with E-state index in [-0.39, 0.29) is 6.04 Å². The number of nitrogens with two attached hydrogens (primary N) is 1. The highest BCUT2D eigenvalue weighted by atomic mass is 14.7. The van der Waals surface area contributed by atoms with E-state index in [0.29, 0.717) is 0 Å². The van der Waals surface area contributed by atoms with Crippen molar-refractivity contribution in [2.75, 3.05) is 0 Å². The molecule has 18 heavy (non-hydrogen) atoms. The Bertz CT molecular complexity index is 505. The molecule has 2 N–H and O–H groups in total. The molecule has 1 atom stereocenters. The lowest BCUT2D eigenvalue weighted by Gasteiger charge is -2.12. The van der Waals surface area contributed by atoms with E-state index in [1.165, 1.54) is 5.56 Å². The molecule has 0 radical (unpaired) electrons. The molecule has 0 aliphatic carbocycles. The van der Waals surface area contributed by atoms with Crippen molar-refractivity contribution in [1.29, 1.82) is 0 Å². The zero-order chi connectivity index (χ0) is 13.0. The van der Waals surface area contributed by atoms with Crippen molar-refractivity contribution in [3.63, 3.8) is 0 Å². The van der Waals surface area contributed by atoms with Gasteiger partial charge in [0.1, 0.15) is 0 Å². The fraction of sp³-hybridized carbons (Fsp3) is 0.333. The van der Waals surface area contributed by atoms with Gasteiger partial charge < -0.3 is 5.73 Å². The van der Waals surface area contributed by atoms with E-state index >= 15 is 0 Å². The maximum absolute atomic E-state index is 6.19. The molecule has 3 nitrogen and oxygen atoms in total. The summed E-state index contributed by atoms with van der Waals surface area (Å²) in [4.78, 5) is 8.61. The summed E-state index contributed by atoms with van der Waals surface area (Å²) in [6, 6.07) is 6.21. The average Bonchev–Trinajstić information content (AvgIpc) is 2.39. The molecule has 0 fully saturated rings. The van der Waals surface area contributed by atoms with Gasteiger partial charge in [0, 0.05) is 36.7 Å². The molecule has 2 aromatic heterocycles. The van der Waals surface area contributed by atoms with Crippen molar-refractivity contribution in [1.82, 2.24) is 9.97 Å². The molecule has 3 heteroatoms. The molecule has 0 spiro atoms. The van der Waals surface area contributed by atoms with Gasteiger partial charge in [-0.05, 0) is 36.1 Å². The molecule has 0 amide bonds. The molecule has 0 aromatic carbocycles. The Labute approximate surface area is 108 Å². The Kier molecular flexibility index (Phi) is 4.05. The summed E-state index contributed by atoms with van der Waals surface area (Å²) in [7, 11) is 0. The second-order valence-corrected chi connectivity index (χ2v) is 4.62. The summed E-state index contributed by atoms with van der Waals surface area (Å²) in [6.45, 7) is 4.15. The molecule has 0 saturated carbocycles. The second kappa shape index (κ2) is 5.74. The number of aromatic nitrogens is 2. The monoisotopic (exact) mass is 241 g/mol. The van der Waals surface area contributed by atoms with Gasteiger partial charge in [-0.3, -0.25) is 9.97 Å². The zero-order valence-electron chi connectivity index (χ0n) is 10.9. The lowest BCUT2D eigenvalue weighted by molar-refractivity contribution is 0.701. The van der Waals surface area contributed by atoms with Crippen LogP contribution in [-0.2, 0) is 12.8 Å². The molecular formula is C15H19N3. The number of hydrogen-bond donors (Lipinski definition) is 1. The first-order valence-electron chi connectivity index (χ1n) is 6.30. The fourth-order valence-corrected chi connectivity index (χ4v) is 1.91. The molecule has 0 bridgehead atoms. The summed E-state index contributed by atoms with van der Waals surface area (Å²) in [5, 5.41) is 0. The highest BCUT2D eigenvalue weighted by Gasteiger charge is 2.08. The fourth-order valence-electron chi connectivity index (χ4n) is 1.91. The highest BCUT2D eigenvalue weighted by molar-refractivity contribution is 5.22. The van der Waals surface area contributed by atoms with E-state index in [2.05, 4.69) is 35.1 Å². The van der Waals surface area contributed by atoms with Crippen molar-refractivity contribution in [2.24, 2.45) is 5.73 Å². The number of nitrogens with zero attached hydrogens (tertiary/aromatic N) is 2. The van der Waals surface area contributed by atoms with E-state index in [0.717, 1.165) is 29.7 Å². The van der Waals surface area contributed by atoms with Crippen LogP contribution in [0, 0.1) is 6.92 Å². The van der Waals surface area contributed by atoms with E-state index in [4.69, 9.17) is 5.73 Å². The normalized spacial score (nSPS) is 12.4. The lowest BCUT2D eigenvalue weighted by Crippen LogP contribution is -2.14. The summed E-state index contributed by atoms with van der Waals surface area (Å²) in [5.74, 6) is 0. The predicted octanol–water partition coefficient (Wildman–Crippen LogP) is 2.59. The van der Waals surface area contributed by atoms with Crippen LogP contribution in [-0.4, -0.2) is 9.97 Å². The van der Waals surface area contributed by atoms with Crippen LogP contribution < -0.4 is 5.73 Å². The van der Waals surface area contributed by atoms with E-state index in [1.54, 1.807) is 0 Å². The Morgan fingerprint density at radius 1 is 1.22 bits per heavy atom. The quantitative estimate of drug-likeness (QED) is 0.895. The topological polar surface area (TPSA) is 51.8 Å². The Hall–Kier alpha value is -1.74. The van der Waals surface area contributed by atoms with Crippen molar-refractivity contribution in [3.8, 4) is 0 Å². The Morgan fingerprint density at radius 2 is 2.06 bits per heavy atom. The van der Waals surface area contributed by atoms with Gasteiger partial charge in [0.25, 0.3) is 0 Å². The van der Waals surface area contributed by atoms with E-state index < -0.39 is 0 Å². The number of rotatable bonds is 4. The van der Waals surface area contributed by atoms with Gasteiger partial charge in [-0.25, -0.2) is 0 Å². The third-order valence-corrected chi connectivity index (χ3v) is 3.05. The number of hydrogen-bond acceptors (Lipinski definition) is 3. The van der Waals surface area contributed by atoms with Crippen LogP contribution in [0.5, 0.6) is 0 Å². The standard InChI is InChI=1S/C15H19N3/c1-3-12-4-5-14(18-9-12)7-15(16)13-6-11(2)8-17-10-13/h4-6,8-10,15H,3,7,16H2,1-2H3. The second-order valence-electron chi connectivity index (χ2n) is 4.62. The van der Waals surface area contributed by atoms with Crippen LogP contribution in [0.15, 0.2) is 36.8 Å². The summed E-state index contributed by atoms with van der Waals surface area (Å²) in [5.41, 5.74) is 10.7. The minimum absolute atomic E-state index is 0.0441. The molecule has 0 saturated heterocycles. The Morgan fingerprint density at radius 3 is 2.67 bits per heavy atom. The predicted molar refractivity (Wildman–Crippen MR) is 73.2 cm³/mol. The van der Waals surface area contributed by atoms with Gasteiger partial charge in [-0.15, -0.1) is 0 Å². The van der Waals surface area contributed by atoms with Crippen LogP contribution in [0.2, 0.25) is 0 Å². The molecule has 0 aliphatic heterocycles. The van der Waals surface area contributed by atoms with Crippen molar-refractivity contribution >= 4 is 0 Å². The summed E-state index contributed by atoms with van der Waals surface area (Å²) >= 11 is 0. The number of aryl methyl sites for hydroxylation is 2. The first kappa shape index (κ1) is 12.7. The number of pyridine rings is 2. The van der Waals surface area contributed by atoms with Crippen molar-refractivity contribution in [3.05, 3.63) is 59.2 Å². The van der Waals surface area contributed by atoms with Gasteiger partial charge in [-0.2, -0.15) is 0 Å². The largest absolute Gasteiger partial charge is 0.324 e. The smallest absolute Gasteiger partial charge is 0.0422 e. The third kappa shape index (κ3) is 3.14. The van der Waals surface area contributed by atoms with Crippen LogP contribution in [0.4, 0.5) is 0 Å². The van der Waals surface area contributed by atoms with Crippen molar-refractivity contribution < 1.29 is 0 Å². The molecule has 2 heterocycles. The Balaban J connectivity index is 2.08. The van der Waals surface area contributed by atoms with Gasteiger partial charge in [0.2, 0.25) is 0 Å². The van der Waals surface area contributed by atoms with Gasteiger partial charge in [0.15, 0.2) is 0 Å². The first-order valence-corrected chi connectivity index (χ1v) is 6.30. The van der Waals surface area contributed by atoms with Gasteiger partial charge in [0.05, 0.1) is 0 Å². The SMILES string of the molecule is CCc1ccc(CC(N)c2cncc(C)c2)nc1. The highest BCUT2D eigenvalue weighted by Crippen LogP contribution is 2.15. The minimum atomic E-state index is -0.0441. The van der Waals surface area contributed by atoms with Crippen LogP contribution in [0.25, 0.3) is 0 Å². The van der Waals surface area contributed by atoms with Crippen molar-refractivity contribution in [2.45, 2.75) is 32.7 Å². The maximum Gasteiger partial charge on any atom is 0.0422 e. The van der Waals surface area contributed by atoms with Crippen LogP contribution >= 0.6 is 0 Å². The minimum Gasteiger partial charge on any atom is -0.324 e. The maximum atomic E-state index is 6.19. The van der Waals surface area contributed by atoms with Crippen LogP contribution in [0.3, 0.4) is 0 Å². The average molecular weight is 241 g/mol. The molecule has 94 valence electrons. The zero-order valence-corrected chi connectivity index (χ0v) is 10.9. The van der Waals surface area contributed by atoms with Gasteiger partial charge >= 0.3 is 0 Å². The summed E-state index contributed by atoms with van der Waals surface area (Å²) < 4.78 is 0.